The summed E-state index contributed by atoms with van der Waals surface area (Å²) < 4.78 is 14.6. The van der Waals surface area contributed by atoms with Crippen LogP contribution in [0.15, 0.2) is 48.5 Å². The Balaban J connectivity index is 1.47. The van der Waals surface area contributed by atoms with Gasteiger partial charge in [-0.3, -0.25) is 9.48 Å². The second-order valence-electron chi connectivity index (χ2n) is 6.43. The normalized spacial score (nSPS) is 12.8. The third kappa shape index (κ3) is 3.23. The molecule has 132 valence electrons. The van der Waals surface area contributed by atoms with E-state index in [4.69, 9.17) is 0 Å². The van der Waals surface area contributed by atoms with Gasteiger partial charge in [0.05, 0.1) is 5.69 Å². The van der Waals surface area contributed by atoms with Crippen LogP contribution in [-0.2, 0) is 26.7 Å². The molecule has 5 nitrogen and oxygen atoms in total. The third-order valence-corrected chi connectivity index (χ3v) is 4.61. The number of carbonyl (C=O) groups is 1. The SMILES string of the molecule is Cn1nc(-c2ccc(F)cc2)cc1C(=O)NCc1ccc2c(c1)CNC2. The zero-order chi connectivity index (χ0) is 18.1. The van der Waals surface area contributed by atoms with E-state index in [0.717, 1.165) is 24.2 Å². The number of halogens is 1. The van der Waals surface area contributed by atoms with Crippen LogP contribution in [0, 0.1) is 5.82 Å². The second-order valence-corrected chi connectivity index (χ2v) is 6.43. The van der Waals surface area contributed by atoms with E-state index in [9.17, 15) is 9.18 Å². The molecule has 6 heteroatoms. The summed E-state index contributed by atoms with van der Waals surface area (Å²) in [4.78, 5) is 12.5. The molecule has 0 saturated heterocycles. The monoisotopic (exact) mass is 350 g/mol. The Hall–Kier alpha value is -2.99. The average molecular weight is 350 g/mol. The van der Waals surface area contributed by atoms with Crippen LogP contribution in [-0.4, -0.2) is 15.7 Å². The van der Waals surface area contributed by atoms with Crippen LogP contribution in [0.4, 0.5) is 4.39 Å². The molecular formula is C20H19FN4O. The average Bonchev–Trinajstić information content (AvgIpc) is 3.26. The molecule has 1 aliphatic heterocycles. The quantitative estimate of drug-likeness (QED) is 0.761. The summed E-state index contributed by atoms with van der Waals surface area (Å²) in [7, 11) is 1.73. The molecule has 3 aromatic rings. The largest absolute Gasteiger partial charge is 0.347 e. The highest BCUT2D eigenvalue weighted by Gasteiger charge is 2.15. The maximum absolute atomic E-state index is 13.1. The summed E-state index contributed by atoms with van der Waals surface area (Å²) in [5.41, 5.74) is 5.55. The van der Waals surface area contributed by atoms with Crippen molar-refractivity contribution in [3.8, 4) is 11.3 Å². The van der Waals surface area contributed by atoms with Gasteiger partial charge in [0, 0.05) is 32.2 Å². The van der Waals surface area contributed by atoms with E-state index in [1.165, 1.54) is 23.3 Å². The van der Waals surface area contributed by atoms with Gasteiger partial charge in [-0.2, -0.15) is 5.10 Å². The Morgan fingerprint density at radius 3 is 2.73 bits per heavy atom. The van der Waals surface area contributed by atoms with Crippen LogP contribution in [0.2, 0.25) is 0 Å². The molecule has 0 bridgehead atoms. The first-order valence-electron chi connectivity index (χ1n) is 8.50. The molecule has 2 heterocycles. The van der Waals surface area contributed by atoms with Gasteiger partial charge in [0.15, 0.2) is 0 Å². The topological polar surface area (TPSA) is 59.0 Å². The summed E-state index contributed by atoms with van der Waals surface area (Å²) in [6, 6.07) is 14.1. The molecule has 2 N–H and O–H groups in total. The lowest BCUT2D eigenvalue weighted by Gasteiger charge is -2.07. The number of hydrogen-bond donors (Lipinski definition) is 2. The first-order valence-corrected chi connectivity index (χ1v) is 8.50. The van der Waals surface area contributed by atoms with Crippen LogP contribution >= 0.6 is 0 Å². The molecule has 1 aromatic heterocycles. The Kier molecular flexibility index (Phi) is 4.26. The van der Waals surface area contributed by atoms with Crippen LogP contribution in [0.5, 0.6) is 0 Å². The molecule has 1 aliphatic rings. The second kappa shape index (κ2) is 6.72. The smallest absolute Gasteiger partial charge is 0.269 e. The molecule has 0 radical (unpaired) electrons. The van der Waals surface area contributed by atoms with Gasteiger partial charge < -0.3 is 10.6 Å². The number of nitrogens with zero attached hydrogens (tertiary/aromatic N) is 2. The molecule has 0 atom stereocenters. The highest BCUT2D eigenvalue weighted by Crippen LogP contribution is 2.20. The van der Waals surface area contributed by atoms with Gasteiger partial charge in [0.2, 0.25) is 0 Å². The minimum Gasteiger partial charge on any atom is -0.347 e. The fourth-order valence-corrected chi connectivity index (χ4v) is 3.17. The molecule has 0 aliphatic carbocycles. The van der Waals surface area contributed by atoms with Crippen LogP contribution in [0.25, 0.3) is 11.3 Å². The van der Waals surface area contributed by atoms with Crippen molar-refractivity contribution in [1.82, 2.24) is 20.4 Å². The predicted octanol–water partition coefficient (Wildman–Crippen LogP) is 2.76. The van der Waals surface area contributed by atoms with Crippen LogP contribution < -0.4 is 10.6 Å². The number of rotatable bonds is 4. The summed E-state index contributed by atoms with van der Waals surface area (Å²) in [6.07, 6.45) is 0. The molecule has 4 rings (SSSR count). The fourth-order valence-electron chi connectivity index (χ4n) is 3.17. The number of hydrogen-bond acceptors (Lipinski definition) is 3. The highest BCUT2D eigenvalue weighted by molar-refractivity contribution is 5.93. The number of carbonyl (C=O) groups excluding carboxylic acids is 1. The first kappa shape index (κ1) is 16.5. The minimum atomic E-state index is -0.299. The summed E-state index contributed by atoms with van der Waals surface area (Å²) >= 11 is 0. The number of aromatic nitrogens is 2. The minimum absolute atomic E-state index is 0.188. The van der Waals surface area contributed by atoms with Crippen molar-refractivity contribution < 1.29 is 9.18 Å². The Bertz CT molecular complexity index is 962. The van der Waals surface area contributed by atoms with E-state index in [-0.39, 0.29) is 11.7 Å². The Morgan fingerprint density at radius 1 is 1.15 bits per heavy atom. The first-order chi connectivity index (χ1) is 12.6. The van der Waals surface area contributed by atoms with E-state index in [0.29, 0.717) is 17.9 Å². The lowest BCUT2D eigenvalue weighted by atomic mass is 10.1. The summed E-state index contributed by atoms with van der Waals surface area (Å²) in [6.45, 7) is 2.24. The van der Waals surface area contributed by atoms with Gasteiger partial charge in [-0.1, -0.05) is 18.2 Å². The molecule has 0 fully saturated rings. The van der Waals surface area contributed by atoms with Crippen molar-refractivity contribution >= 4 is 5.91 Å². The number of benzene rings is 2. The number of amides is 1. The highest BCUT2D eigenvalue weighted by atomic mass is 19.1. The lowest BCUT2D eigenvalue weighted by molar-refractivity contribution is 0.0941. The predicted molar refractivity (Wildman–Crippen MR) is 96.8 cm³/mol. The molecule has 0 unspecified atom stereocenters. The van der Waals surface area contributed by atoms with E-state index in [1.54, 1.807) is 29.9 Å². The zero-order valence-electron chi connectivity index (χ0n) is 14.4. The van der Waals surface area contributed by atoms with Crippen molar-refractivity contribution in [1.29, 1.82) is 0 Å². The molecule has 0 spiro atoms. The van der Waals surface area contributed by atoms with Gasteiger partial charge in [-0.25, -0.2) is 4.39 Å². The van der Waals surface area contributed by atoms with Crippen molar-refractivity contribution in [2.45, 2.75) is 19.6 Å². The third-order valence-electron chi connectivity index (χ3n) is 4.61. The van der Waals surface area contributed by atoms with Crippen molar-refractivity contribution in [3.05, 3.63) is 76.7 Å². The van der Waals surface area contributed by atoms with Gasteiger partial charge in [-0.15, -0.1) is 0 Å². The Morgan fingerprint density at radius 2 is 1.92 bits per heavy atom. The number of nitrogens with one attached hydrogen (secondary N) is 2. The van der Waals surface area contributed by atoms with Crippen molar-refractivity contribution in [2.75, 3.05) is 0 Å². The number of aryl methyl sites for hydroxylation is 1. The molecule has 2 aromatic carbocycles. The maximum atomic E-state index is 13.1. The van der Waals surface area contributed by atoms with Crippen molar-refractivity contribution in [3.63, 3.8) is 0 Å². The van der Waals surface area contributed by atoms with Crippen molar-refractivity contribution in [2.24, 2.45) is 7.05 Å². The lowest BCUT2D eigenvalue weighted by Crippen LogP contribution is -2.25. The van der Waals surface area contributed by atoms with Gasteiger partial charge in [0.25, 0.3) is 5.91 Å². The number of fused-ring (bicyclic) bond motifs is 1. The fraction of sp³-hybridized carbons (Fsp3) is 0.200. The standard InChI is InChI=1S/C20H19FN4O/c1-25-19(9-18(24-25)14-4-6-17(21)7-5-14)20(26)23-10-13-2-3-15-11-22-12-16(15)8-13/h2-9,22H,10-12H2,1H3,(H,23,26). The van der Waals surface area contributed by atoms with E-state index >= 15 is 0 Å². The molecule has 1 amide bonds. The Labute approximate surface area is 150 Å². The van der Waals surface area contributed by atoms with Gasteiger partial charge in [-0.05, 0) is 47.0 Å². The molecule has 0 saturated carbocycles. The summed E-state index contributed by atoms with van der Waals surface area (Å²) in [5, 5.41) is 10.6. The zero-order valence-corrected chi connectivity index (χ0v) is 14.4. The van der Waals surface area contributed by atoms with E-state index in [2.05, 4.69) is 27.9 Å². The molecular weight excluding hydrogens is 331 g/mol. The maximum Gasteiger partial charge on any atom is 0.269 e. The van der Waals surface area contributed by atoms with E-state index < -0.39 is 0 Å². The van der Waals surface area contributed by atoms with E-state index in [1.807, 2.05) is 6.07 Å². The van der Waals surface area contributed by atoms with Gasteiger partial charge >= 0.3 is 0 Å². The van der Waals surface area contributed by atoms with Crippen LogP contribution in [0.3, 0.4) is 0 Å². The molecule has 26 heavy (non-hydrogen) atoms. The van der Waals surface area contributed by atoms with Crippen LogP contribution in [0.1, 0.15) is 27.2 Å². The summed E-state index contributed by atoms with van der Waals surface area (Å²) in [5.74, 6) is -0.487. The van der Waals surface area contributed by atoms with Gasteiger partial charge in [0.1, 0.15) is 11.5 Å².